The molecule has 0 spiro atoms. The summed E-state index contributed by atoms with van der Waals surface area (Å²) in [6, 6.07) is 3.52. The van der Waals surface area contributed by atoms with E-state index in [1.807, 2.05) is 6.07 Å². The van der Waals surface area contributed by atoms with Gasteiger partial charge in [-0.25, -0.2) is 4.68 Å². The fourth-order valence-corrected chi connectivity index (χ4v) is 4.76. The van der Waals surface area contributed by atoms with Crippen molar-refractivity contribution in [2.24, 2.45) is 0 Å². The zero-order valence-electron chi connectivity index (χ0n) is 16.0. The lowest BCUT2D eigenvalue weighted by Crippen LogP contribution is -2.51. The lowest BCUT2D eigenvalue weighted by molar-refractivity contribution is -0.0314. The van der Waals surface area contributed by atoms with Crippen LogP contribution in [0.15, 0.2) is 16.9 Å². The molecule has 2 saturated carbocycles. The predicted octanol–water partition coefficient (Wildman–Crippen LogP) is 1.19. The van der Waals surface area contributed by atoms with Gasteiger partial charge in [-0.3, -0.25) is 4.79 Å². The number of anilines is 1. The number of piperidine rings is 1. The largest absolute Gasteiger partial charge is 0.391 e. The van der Waals surface area contributed by atoms with Crippen LogP contribution in [0.1, 0.15) is 63.8 Å². The van der Waals surface area contributed by atoms with Crippen molar-refractivity contribution in [1.29, 1.82) is 0 Å². The van der Waals surface area contributed by atoms with E-state index in [-0.39, 0.29) is 11.6 Å². The van der Waals surface area contributed by atoms with Crippen LogP contribution in [-0.4, -0.2) is 57.4 Å². The van der Waals surface area contributed by atoms with E-state index >= 15 is 0 Å². The Labute approximate surface area is 160 Å². The van der Waals surface area contributed by atoms with Crippen LogP contribution >= 0.6 is 0 Å². The van der Waals surface area contributed by atoms with Gasteiger partial charge in [-0.05, 0) is 63.9 Å². The Morgan fingerprint density at radius 1 is 1.15 bits per heavy atom. The molecule has 2 heterocycles. The first-order chi connectivity index (χ1) is 13.1. The van der Waals surface area contributed by atoms with Gasteiger partial charge in [-0.2, -0.15) is 5.10 Å². The SMILES string of the molecule is O=c1ccc(N2CCCCC2CNCC2(O)CCC2)nn1C1CCCC1O. The van der Waals surface area contributed by atoms with Crippen molar-refractivity contribution < 1.29 is 10.2 Å². The molecule has 3 N–H and O–H groups in total. The molecule has 7 nitrogen and oxygen atoms in total. The highest BCUT2D eigenvalue weighted by Crippen LogP contribution is 2.31. The van der Waals surface area contributed by atoms with Gasteiger partial charge in [0.15, 0.2) is 0 Å². The van der Waals surface area contributed by atoms with Gasteiger partial charge in [0.1, 0.15) is 5.82 Å². The second-order valence-corrected chi connectivity index (χ2v) is 8.59. The fourth-order valence-electron chi connectivity index (χ4n) is 4.76. The topological polar surface area (TPSA) is 90.6 Å². The zero-order chi connectivity index (χ0) is 18.9. The number of nitrogens with one attached hydrogen (secondary N) is 1. The van der Waals surface area contributed by atoms with Crippen LogP contribution in [0.2, 0.25) is 0 Å². The Kier molecular flexibility index (Phi) is 5.53. The Balaban J connectivity index is 1.47. The van der Waals surface area contributed by atoms with E-state index in [2.05, 4.69) is 15.3 Å². The monoisotopic (exact) mass is 376 g/mol. The van der Waals surface area contributed by atoms with Gasteiger partial charge in [-0.15, -0.1) is 0 Å². The molecule has 3 aliphatic rings. The summed E-state index contributed by atoms with van der Waals surface area (Å²) in [7, 11) is 0. The first-order valence-corrected chi connectivity index (χ1v) is 10.5. The molecule has 4 rings (SSSR count). The smallest absolute Gasteiger partial charge is 0.267 e. The van der Waals surface area contributed by atoms with Crippen molar-refractivity contribution in [3.8, 4) is 0 Å². The molecule has 27 heavy (non-hydrogen) atoms. The lowest BCUT2D eigenvalue weighted by Gasteiger charge is -2.40. The van der Waals surface area contributed by atoms with Crippen molar-refractivity contribution in [3.63, 3.8) is 0 Å². The van der Waals surface area contributed by atoms with Gasteiger partial charge >= 0.3 is 0 Å². The van der Waals surface area contributed by atoms with E-state index in [9.17, 15) is 15.0 Å². The summed E-state index contributed by atoms with van der Waals surface area (Å²) < 4.78 is 1.50. The summed E-state index contributed by atoms with van der Waals surface area (Å²) in [4.78, 5) is 14.6. The molecule has 7 heteroatoms. The maximum Gasteiger partial charge on any atom is 0.267 e. The maximum absolute atomic E-state index is 12.3. The summed E-state index contributed by atoms with van der Waals surface area (Å²) in [5, 5.41) is 28.6. The minimum Gasteiger partial charge on any atom is -0.391 e. The molecule has 1 saturated heterocycles. The van der Waals surface area contributed by atoms with Crippen molar-refractivity contribution in [1.82, 2.24) is 15.1 Å². The highest BCUT2D eigenvalue weighted by Gasteiger charge is 2.34. The second-order valence-electron chi connectivity index (χ2n) is 8.59. The zero-order valence-corrected chi connectivity index (χ0v) is 16.0. The molecule has 1 aliphatic heterocycles. The van der Waals surface area contributed by atoms with Crippen LogP contribution < -0.4 is 15.8 Å². The van der Waals surface area contributed by atoms with Gasteiger partial charge in [0.25, 0.3) is 5.56 Å². The third kappa shape index (κ3) is 4.05. The number of aliphatic hydroxyl groups excluding tert-OH is 1. The molecule has 2 aliphatic carbocycles. The minimum absolute atomic E-state index is 0.136. The summed E-state index contributed by atoms with van der Waals surface area (Å²) >= 11 is 0. The van der Waals surface area contributed by atoms with Crippen molar-refractivity contribution in [2.75, 3.05) is 24.5 Å². The molecule has 0 radical (unpaired) electrons. The van der Waals surface area contributed by atoms with Gasteiger partial charge < -0.3 is 20.4 Å². The van der Waals surface area contributed by atoms with E-state index in [4.69, 9.17) is 0 Å². The highest BCUT2D eigenvalue weighted by molar-refractivity contribution is 5.39. The number of hydrogen-bond donors (Lipinski definition) is 3. The van der Waals surface area contributed by atoms with Crippen molar-refractivity contribution >= 4 is 5.82 Å². The predicted molar refractivity (Wildman–Crippen MR) is 104 cm³/mol. The molecular weight excluding hydrogens is 344 g/mol. The third-order valence-electron chi connectivity index (χ3n) is 6.61. The van der Waals surface area contributed by atoms with E-state index in [1.165, 1.54) is 11.1 Å². The van der Waals surface area contributed by atoms with Crippen LogP contribution in [0.25, 0.3) is 0 Å². The molecule has 1 aromatic rings. The van der Waals surface area contributed by atoms with Crippen LogP contribution in [0.5, 0.6) is 0 Å². The normalized spacial score (nSPS) is 30.3. The molecule has 3 atom stereocenters. The first-order valence-electron chi connectivity index (χ1n) is 10.5. The summed E-state index contributed by atoms with van der Waals surface area (Å²) in [5.41, 5.74) is -0.646. The molecule has 3 fully saturated rings. The van der Waals surface area contributed by atoms with Crippen LogP contribution in [-0.2, 0) is 0 Å². The van der Waals surface area contributed by atoms with Gasteiger partial charge in [0, 0.05) is 31.7 Å². The number of aliphatic hydroxyl groups is 2. The molecule has 1 aromatic heterocycles. The Bertz CT molecular complexity index is 703. The minimum atomic E-state index is -0.510. The van der Waals surface area contributed by atoms with Crippen LogP contribution in [0.4, 0.5) is 5.82 Å². The van der Waals surface area contributed by atoms with Crippen molar-refractivity contribution in [2.45, 2.75) is 81.6 Å². The molecule has 0 aromatic carbocycles. The first kappa shape index (κ1) is 18.9. The second kappa shape index (κ2) is 7.89. The standard InChI is InChI=1S/C20H32N4O3/c25-17-7-3-6-16(17)24-19(26)9-8-18(22-24)23-12-2-1-5-15(23)13-21-14-20(27)10-4-11-20/h8-9,15-17,21,25,27H,1-7,10-14H2. The average Bonchev–Trinajstić information content (AvgIpc) is 3.07. The number of nitrogens with zero attached hydrogens (tertiary/aromatic N) is 3. The Morgan fingerprint density at radius 3 is 2.70 bits per heavy atom. The number of rotatable bonds is 6. The van der Waals surface area contributed by atoms with E-state index in [0.29, 0.717) is 12.6 Å². The average molecular weight is 377 g/mol. The maximum atomic E-state index is 12.3. The fraction of sp³-hybridized carbons (Fsp3) is 0.800. The van der Waals surface area contributed by atoms with E-state index in [1.54, 1.807) is 6.07 Å². The number of aromatic nitrogens is 2. The highest BCUT2D eigenvalue weighted by atomic mass is 16.3. The lowest BCUT2D eigenvalue weighted by atomic mass is 9.80. The summed E-state index contributed by atoms with van der Waals surface area (Å²) in [6.45, 7) is 2.39. The van der Waals surface area contributed by atoms with Crippen LogP contribution in [0.3, 0.4) is 0 Å². The van der Waals surface area contributed by atoms with Gasteiger partial charge in [0.05, 0.1) is 17.7 Å². The molecule has 150 valence electrons. The summed E-state index contributed by atoms with van der Waals surface area (Å²) in [5.74, 6) is 0.822. The van der Waals surface area contributed by atoms with Gasteiger partial charge in [0.2, 0.25) is 0 Å². The summed E-state index contributed by atoms with van der Waals surface area (Å²) in [6.07, 6.45) is 8.29. The van der Waals surface area contributed by atoms with Crippen molar-refractivity contribution in [3.05, 3.63) is 22.5 Å². The quantitative estimate of drug-likeness (QED) is 0.691. The third-order valence-corrected chi connectivity index (χ3v) is 6.61. The van der Waals surface area contributed by atoms with E-state index < -0.39 is 11.7 Å². The Hall–Kier alpha value is -1.44. The molecule has 3 unspecified atom stereocenters. The molecular formula is C20H32N4O3. The molecule has 0 bridgehead atoms. The number of hydrogen-bond acceptors (Lipinski definition) is 6. The molecule has 0 amide bonds. The Morgan fingerprint density at radius 2 is 2.00 bits per heavy atom. The van der Waals surface area contributed by atoms with Gasteiger partial charge in [-0.1, -0.05) is 0 Å². The van der Waals surface area contributed by atoms with E-state index in [0.717, 1.165) is 70.3 Å². The van der Waals surface area contributed by atoms with Crippen LogP contribution in [0, 0.1) is 0 Å².